The lowest BCUT2D eigenvalue weighted by atomic mass is 10.0. The fourth-order valence-corrected chi connectivity index (χ4v) is 5.69. The molecule has 3 fully saturated rings. The fourth-order valence-electron chi connectivity index (χ4n) is 5.55. The number of hydrogen-bond donors (Lipinski definition) is 0. The summed E-state index contributed by atoms with van der Waals surface area (Å²) in [5, 5.41) is 0.231. The first-order valence-electron chi connectivity index (χ1n) is 12.6. The molecule has 0 aliphatic carbocycles. The number of aromatic nitrogens is 3. The monoisotopic (exact) mass is 520 g/mol. The minimum absolute atomic E-state index is 0.0239. The van der Waals surface area contributed by atoms with Gasteiger partial charge in [-0.3, -0.25) is 9.80 Å². The molecule has 3 atom stereocenters. The van der Waals surface area contributed by atoms with Gasteiger partial charge in [0.1, 0.15) is 23.5 Å². The van der Waals surface area contributed by atoms with Crippen molar-refractivity contribution < 1.29 is 18.7 Å². The summed E-state index contributed by atoms with van der Waals surface area (Å²) in [6.45, 7) is 10.3. The van der Waals surface area contributed by atoms with Crippen LogP contribution in [-0.2, 0) is 4.74 Å². The van der Waals surface area contributed by atoms with Crippen molar-refractivity contribution in [2.75, 3.05) is 38.2 Å². The van der Waals surface area contributed by atoms with Crippen molar-refractivity contribution in [1.29, 1.82) is 0 Å². The van der Waals surface area contributed by atoms with E-state index in [-0.39, 0.29) is 40.4 Å². The second-order valence-corrected chi connectivity index (χ2v) is 11.8. The molecule has 3 aliphatic heterocycles. The zero-order valence-electron chi connectivity index (χ0n) is 21.6. The maximum atomic E-state index is 15.1. The lowest BCUT2D eigenvalue weighted by molar-refractivity contribution is 0.0122. The molecule has 0 spiro atoms. The maximum absolute atomic E-state index is 15.1. The smallest absolute Gasteiger partial charge is 0.410 e. The van der Waals surface area contributed by atoms with E-state index in [1.807, 2.05) is 25.7 Å². The van der Waals surface area contributed by atoms with Gasteiger partial charge >= 0.3 is 12.1 Å². The van der Waals surface area contributed by atoms with E-state index in [9.17, 15) is 4.79 Å². The molecule has 2 bridgehead atoms. The zero-order valence-corrected chi connectivity index (χ0v) is 22.3. The Bertz CT molecular complexity index is 1160. The summed E-state index contributed by atoms with van der Waals surface area (Å²) in [7, 11) is 2.08. The van der Waals surface area contributed by atoms with Gasteiger partial charge in [0.25, 0.3) is 0 Å². The normalized spacial score (nSPS) is 26.6. The molecule has 0 radical (unpaired) electrons. The van der Waals surface area contributed by atoms with E-state index >= 15 is 4.39 Å². The summed E-state index contributed by atoms with van der Waals surface area (Å²) in [6, 6.07) is 0.0652. The summed E-state index contributed by atoms with van der Waals surface area (Å²) >= 11 is 6.00. The summed E-state index contributed by atoms with van der Waals surface area (Å²) in [5.74, 6) is -0.147. The van der Waals surface area contributed by atoms with Crippen LogP contribution in [-0.4, -0.2) is 87.4 Å². The number of pyridine rings is 1. The van der Waals surface area contributed by atoms with Crippen molar-refractivity contribution >= 4 is 34.4 Å². The Balaban J connectivity index is 1.45. The Morgan fingerprint density at radius 2 is 1.94 bits per heavy atom. The molecule has 5 rings (SSSR count). The first-order valence-corrected chi connectivity index (χ1v) is 12.9. The van der Waals surface area contributed by atoms with Crippen molar-refractivity contribution in [2.24, 2.45) is 0 Å². The van der Waals surface area contributed by atoms with Crippen LogP contribution in [0.1, 0.15) is 53.4 Å². The van der Waals surface area contributed by atoms with E-state index in [0.717, 1.165) is 32.2 Å². The average Bonchev–Trinajstić information content (AvgIpc) is 3.28. The number of rotatable bonds is 4. The maximum Gasteiger partial charge on any atom is 0.410 e. The van der Waals surface area contributed by atoms with Gasteiger partial charge in [-0.05, 0) is 67.0 Å². The third kappa shape index (κ3) is 4.65. The zero-order chi connectivity index (χ0) is 25.8. The van der Waals surface area contributed by atoms with Crippen LogP contribution in [0, 0.1) is 5.82 Å². The number of hydrogen-bond acceptors (Lipinski definition) is 8. The van der Waals surface area contributed by atoms with Gasteiger partial charge in [0.15, 0.2) is 11.0 Å². The molecule has 5 heterocycles. The van der Waals surface area contributed by atoms with Gasteiger partial charge in [0, 0.05) is 19.3 Å². The van der Waals surface area contributed by atoms with Crippen LogP contribution >= 0.6 is 11.6 Å². The van der Waals surface area contributed by atoms with Crippen LogP contribution in [0.3, 0.4) is 0 Å². The number of fused-ring (bicyclic) bond motifs is 3. The molecule has 2 aromatic rings. The Hall–Kier alpha value is -2.46. The van der Waals surface area contributed by atoms with Crippen LogP contribution < -0.4 is 9.64 Å². The number of carbonyl (C=O) groups excluding carboxylic acids is 1. The molecule has 0 unspecified atom stereocenters. The molecule has 3 saturated heterocycles. The van der Waals surface area contributed by atoms with Gasteiger partial charge in [-0.15, -0.1) is 0 Å². The van der Waals surface area contributed by atoms with Crippen molar-refractivity contribution in [2.45, 2.75) is 76.6 Å². The standard InChI is InChI=1S/C25H34ClFN6O3/c1-24(2,3)36-23(34)33-15-7-8-16(33)13-32(12-15)21-17-11-28-20(26)18(27)19(17)29-22(30-21)35-14-25(4)9-6-10-31(25)5/h11,15-16H,6-10,12-14H2,1-5H3/t15-,16+,25-/m0/s1. The van der Waals surface area contributed by atoms with E-state index < -0.39 is 11.4 Å². The number of carbonyl (C=O) groups is 1. The quantitative estimate of drug-likeness (QED) is 0.553. The SMILES string of the molecule is CN1CCC[C@@]1(C)COc1nc(N2C[C@H]3CC[C@@H](C2)N3C(=O)OC(C)(C)C)c2cnc(Cl)c(F)c2n1. The first kappa shape index (κ1) is 25.2. The number of ether oxygens (including phenoxy) is 2. The molecule has 0 aromatic carbocycles. The highest BCUT2D eigenvalue weighted by Gasteiger charge is 2.45. The van der Waals surface area contributed by atoms with Crippen molar-refractivity contribution in [3.05, 3.63) is 17.2 Å². The number of anilines is 1. The van der Waals surface area contributed by atoms with Crippen molar-refractivity contribution in [3.8, 4) is 6.01 Å². The van der Waals surface area contributed by atoms with E-state index in [2.05, 4.69) is 33.7 Å². The molecule has 0 N–H and O–H groups in total. The molecule has 9 nitrogen and oxygen atoms in total. The van der Waals surface area contributed by atoms with Crippen molar-refractivity contribution in [3.63, 3.8) is 0 Å². The molecule has 1 amide bonds. The minimum atomic E-state index is -0.692. The van der Waals surface area contributed by atoms with Crippen LogP contribution in [0.5, 0.6) is 6.01 Å². The van der Waals surface area contributed by atoms with Crippen LogP contribution in [0.2, 0.25) is 5.15 Å². The summed E-state index contributed by atoms with van der Waals surface area (Å²) in [6.07, 6.45) is 5.06. The minimum Gasteiger partial charge on any atom is -0.461 e. The van der Waals surface area contributed by atoms with Crippen LogP contribution in [0.4, 0.5) is 15.0 Å². The predicted molar refractivity (Wildman–Crippen MR) is 135 cm³/mol. The van der Waals surface area contributed by atoms with Crippen LogP contribution in [0.15, 0.2) is 6.20 Å². The van der Waals surface area contributed by atoms with Crippen LogP contribution in [0.25, 0.3) is 10.9 Å². The number of piperazine rings is 1. The van der Waals surface area contributed by atoms with Gasteiger partial charge in [0.2, 0.25) is 0 Å². The Kier molecular flexibility index (Phi) is 6.39. The third-order valence-electron chi connectivity index (χ3n) is 7.63. The summed E-state index contributed by atoms with van der Waals surface area (Å²) in [5.41, 5.74) is -0.609. The molecule has 36 heavy (non-hydrogen) atoms. The Morgan fingerprint density at radius 1 is 1.25 bits per heavy atom. The Labute approximate surface area is 215 Å². The van der Waals surface area contributed by atoms with E-state index in [1.54, 1.807) is 0 Å². The highest BCUT2D eigenvalue weighted by Crippen LogP contribution is 2.37. The number of likely N-dealkylation sites (N-methyl/N-ethyl adjacent to an activating group) is 1. The summed E-state index contributed by atoms with van der Waals surface area (Å²) in [4.78, 5) is 32.2. The molecule has 3 aliphatic rings. The van der Waals surface area contributed by atoms with Gasteiger partial charge < -0.3 is 14.4 Å². The number of halogens is 2. The highest BCUT2D eigenvalue weighted by atomic mass is 35.5. The summed E-state index contributed by atoms with van der Waals surface area (Å²) < 4.78 is 26.8. The predicted octanol–water partition coefficient (Wildman–Crippen LogP) is 4.27. The van der Waals surface area contributed by atoms with Crippen molar-refractivity contribution in [1.82, 2.24) is 24.8 Å². The second-order valence-electron chi connectivity index (χ2n) is 11.4. The average molecular weight is 521 g/mol. The molecule has 11 heteroatoms. The van der Waals surface area contributed by atoms with Gasteiger partial charge in [-0.1, -0.05) is 11.6 Å². The molecular weight excluding hydrogens is 487 g/mol. The topological polar surface area (TPSA) is 83.9 Å². The molecule has 196 valence electrons. The second kappa shape index (κ2) is 9.13. The Morgan fingerprint density at radius 3 is 2.56 bits per heavy atom. The van der Waals surface area contributed by atoms with Gasteiger partial charge in [0.05, 0.1) is 23.0 Å². The largest absolute Gasteiger partial charge is 0.461 e. The van der Waals surface area contributed by atoms with E-state index in [1.165, 1.54) is 6.20 Å². The molecule has 2 aromatic heterocycles. The number of likely N-dealkylation sites (tertiary alicyclic amines) is 1. The highest BCUT2D eigenvalue weighted by molar-refractivity contribution is 6.30. The lowest BCUT2D eigenvalue weighted by Crippen LogP contribution is -2.57. The van der Waals surface area contributed by atoms with Gasteiger partial charge in [-0.25, -0.2) is 14.2 Å². The third-order valence-corrected chi connectivity index (χ3v) is 7.89. The molecular formula is C25H34ClFN6O3. The first-order chi connectivity index (χ1) is 16.9. The number of amides is 1. The van der Waals surface area contributed by atoms with E-state index in [4.69, 9.17) is 26.1 Å². The molecule has 0 saturated carbocycles. The number of nitrogens with zero attached hydrogens (tertiary/aromatic N) is 6. The van der Waals surface area contributed by atoms with E-state index in [0.29, 0.717) is 30.9 Å². The fraction of sp³-hybridized carbons (Fsp3) is 0.680. The lowest BCUT2D eigenvalue weighted by Gasteiger charge is -2.42. The van der Waals surface area contributed by atoms with Gasteiger partial charge in [-0.2, -0.15) is 9.97 Å².